The molecule has 0 spiro atoms. The molecule has 0 radical (unpaired) electrons. The quantitative estimate of drug-likeness (QED) is 0.581. The number of nitrogens with zero attached hydrogens (tertiary/aromatic N) is 4. The van der Waals surface area contributed by atoms with E-state index in [2.05, 4.69) is 10.2 Å². The predicted octanol–water partition coefficient (Wildman–Crippen LogP) is 2.56. The monoisotopic (exact) mass is 408 g/mol. The van der Waals surface area contributed by atoms with Crippen molar-refractivity contribution in [3.05, 3.63) is 71.9 Å². The van der Waals surface area contributed by atoms with E-state index >= 15 is 0 Å². The van der Waals surface area contributed by atoms with Crippen molar-refractivity contribution in [3.63, 3.8) is 0 Å². The summed E-state index contributed by atoms with van der Waals surface area (Å²) in [7, 11) is 3.29. The van der Waals surface area contributed by atoms with Crippen LogP contribution in [0.2, 0.25) is 0 Å². The van der Waals surface area contributed by atoms with Crippen LogP contribution in [0.5, 0.6) is 5.75 Å². The fraction of sp³-hybridized carbons (Fsp3) is 0.238. The molecule has 30 heavy (non-hydrogen) atoms. The van der Waals surface area contributed by atoms with Gasteiger partial charge in [-0.25, -0.2) is 9.80 Å². The van der Waals surface area contributed by atoms with Gasteiger partial charge in [0, 0.05) is 19.7 Å². The molecule has 1 aliphatic rings. The Labute approximate surface area is 172 Å². The van der Waals surface area contributed by atoms with Gasteiger partial charge in [0.05, 0.1) is 30.8 Å². The SMILES string of the molecule is COc1ccc(C2=NN(C(=O)COC(=O)c3cnn(C)c3)C(c3ccco3)C2)cc1. The Morgan fingerprint density at radius 1 is 1.23 bits per heavy atom. The second-order valence-electron chi connectivity index (χ2n) is 6.73. The van der Waals surface area contributed by atoms with E-state index in [4.69, 9.17) is 13.9 Å². The van der Waals surface area contributed by atoms with Crippen LogP contribution in [0.1, 0.15) is 34.1 Å². The van der Waals surface area contributed by atoms with Gasteiger partial charge in [0.25, 0.3) is 5.91 Å². The molecule has 0 fully saturated rings. The molecule has 154 valence electrons. The molecular formula is C21H20N4O5. The lowest BCUT2D eigenvalue weighted by molar-refractivity contribution is -0.136. The fourth-order valence-corrected chi connectivity index (χ4v) is 3.20. The number of aromatic nitrogens is 2. The van der Waals surface area contributed by atoms with Crippen molar-refractivity contribution in [2.75, 3.05) is 13.7 Å². The second kappa shape index (κ2) is 8.24. The maximum atomic E-state index is 12.8. The van der Waals surface area contributed by atoms with Crippen LogP contribution in [0.4, 0.5) is 0 Å². The van der Waals surface area contributed by atoms with Crippen LogP contribution in [-0.2, 0) is 16.6 Å². The number of furan rings is 1. The topological polar surface area (TPSA) is 99.2 Å². The largest absolute Gasteiger partial charge is 0.497 e. The lowest BCUT2D eigenvalue weighted by atomic mass is 10.0. The minimum Gasteiger partial charge on any atom is -0.497 e. The summed E-state index contributed by atoms with van der Waals surface area (Å²) in [6, 6.07) is 10.6. The van der Waals surface area contributed by atoms with E-state index in [1.54, 1.807) is 32.6 Å². The first-order chi connectivity index (χ1) is 14.5. The van der Waals surface area contributed by atoms with Crippen molar-refractivity contribution < 1.29 is 23.5 Å². The summed E-state index contributed by atoms with van der Waals surface area (Å²) in [6.45, 7) is -0.440. The Kier molecular flexibility index (Phi) is 5.34. The average Bonchev–Trinajstić information content (AvgIpc) is 3.51. The Morgan fingerprint density at radius 2 is 2.03 bits per heavy atom. The molecule has 3 heterocycles. The van der Waals surface area contributed by atoms with Crippen molar-refractivity contribution in [1.82, 2.24) is 14.8 Å². The van der Waals surface area contributed by atoms with E-state index in [0.717, 1.165) is 17.0 Å². The van der Waals surface area contributed by atoms with E-state index in [1.165, 1.54) is 22.1 Å². The molecule has 0 N–H and O–H groups in total. The molecule has 3 aromatic rings. The van der Waals surface area contributed by atoms with Crippen LogP contribution >= 0.6 is 0 Å². The molecule has 0 saturated carbocycles. The summed E-state index contributed by atoms with van der Waals surface area (Å²) in [5.74, 6) is 0.270. The normalized spacial score (nSPS) is 15.7. The van der Waals surface area contributed by atoms with Gasteiger partial charge in [0.15, 0.2) is 6.61 Å². The highest BCUT2D eigenvalue weighted by atomic mass is 16.5. The van der Waals surface area contributed by atoms with Crippen molar-refractivity contribution >= 4 is 17.6 Å². The van der Waals surface area contributed by atoms with E-state index in [-0.39, 0.29) is 5.56 Å². The third-order valence-corrected chi connectivity index (χ3v) is 4.73. The van der Waals surface area contributed by atoms with Crippen molar-refractivity contribution in [1.29, 1.82) is 0 Å². The summed E-state index contributed by atoms with van der Waals surface area (Å²) < 4.78 is 17.3. The van der Waals surface area contributed by atoms with Gasteiger partial charge in [0.1, 0.15) is 17.6 Å². The summed E-state index contributed by atoms with van der Waals surface area (Å²) in [4.78, 5) is 24.9. The maximum Gasteiger partial charge on any atom is 0.341 e. The zero-order chi connectivity index (χ0) is 21.1. The highest BCUT2D eigenvalue weighted by Gasteiger charge is 2.35. The van der Waals surface area contributed by atoms with Gasteiger partial charge in [-0.3, -0.25) is 9.48 Å². The molecular weight excluding hydrogens is 388 g/mol. The first-order valence-electron chi connectivity index (χ1n) is 9.28. The maximum absolute atomic E-state index is 12.8. The lowest BCUT2D eigenvalue weighted by Gasteiger charge is -2.19. The summed E-state index contributed by atoms with van der Waals surface area (Å²) in [5, 5.41) is 9.73. The number of ether oxygens (including phenoxy) is 2. The standard InChI is InChI=1S/C21H20N4O5/c1-24-12-15(11-22-24)21(27)30-13-20(26)25-18(19-4-3-9-29-19)10-17(23-25)14-5-7-16(28-2)8-6-14/h3-9,11-12,18H,10,13H2,1-2H3. The number of benzene rings is 1. The van der Waals surface area contributed by atoms with E-state index in [9.17, 15) is 9.59 Å². The highest BCUT2D eigenvalue weighted by molar-refractivity contribution is 6.03. The van der Waals surface area contributed by atoms with Gasteiger partial charge in [-0.1, -0.05) is 0 Å². The Hall–Kier alpha value is -3.88. The number of hydrogen-bond acceptors (Lipinski definition) is 7. The zero-order valence-corrected chi connectivity index (χ0v) is 16.5. The number of esters is 1. The van der Waals surface area contributed by atoms with Crippen LogP contribution in [0.25, 0.3) is 0 Å². The van der Waals surface area contributed by atoms with Gasteiger partial charge >= 0.3 is 5.97 Å². The van der Waals surface area contributed by atoms with Gasteiger partial charge in [-0.05, 0) is 42.0 Å². The summed E-state index contributed by atoms with van der Waals surface area (Å²) in [5.41, 5.74) is 1.87. The molecule has 1 aromatic carbocycles. The van der Waals surface area contributed by atoms with Gasteiger partial charge in [-0.2, -0.15) is 10.2 Å². The number of carbonyl (C=O) groups excluding carboxylic acids is 2. The minimum absolute atomic E-state index is 0.275. The van der Waals surface area contributed by atoms with Gasteiger partial charge in [0.2, 0.25) is 0 Å². The fourth-order valence-electron chi connectivity index (χ4n) is 3.20. The average molecular weight is 408 g/mol. The second-order valence-corrected chi connectivity index (χ2v) is 6.73. The van der Waals surface area contributed by atoms with Gasteiger partial charge < -0.3 is 13.9 Å². The molecule has 1 amide bonds. The molecule has 1 atom stereocenters. The first kappa shape index (κ1) is 19.4. The molecule has 9 nitrogen and oxygen atoms in total. The first-order valence-corrected chi connectivity index (χ1v) is 9.28. The lowest BCUT2D eigenvalue weighted by Crippen LogP contribution is -2.31. The summed E-state index contributed by atoms with van der Waals surface area (Å²) >= 11 is 0. The number of hydrazone groups is 1. The molecule has 0 saturated heterocycles. The molecule has 2 aromatic heterocycles. The molecule has 0 bridgehead atoms. The predicted molar refractivity (Wildman–Crippen MR) is 106 cm³/mol. The number of carbonyl (C=O) groups is 2. The smallest absolute Gasteiger partial charge is 0.341 e. The van der Waals surface area contributed by atoms with E-state index in [1.807, 2.05) is 24.3 Å². The molecule has 0 aliphatic carbocycles. The molecule has 4 rings (SSSR count). The van der Waals surface area contributed by atoms with Gasteiger partial charge in [-0.15, -0.1) is 0 Å². The highest BCUT2D eigenvalue weighted by Crippen LogP contribution is 2.33. The van der Waals surface area contributed by atoms with Crippen LogP contribution in [0.3, 0.4) is 0 Å². The number of hydrogen-bond donors (Lipinski definition) is 0. The van der Waals surface area contributed by atoms with Crippen LogP contribution in [0.15, 0.2) is 64.6 Å². The van der Waals surface area contributed by atoms with E-state index in [0.29, 0.717) is 12.2 Å². The van der Waals surface area contributed by atoms with Crippen molar-refractivity contribution in [2.45, 2.75) is 12.5 Å². The van der Waals surface area contributed by atoms with Crippen molar-refractivity contribution in [3.8, 4) is 5.75 Å². The number of rotatable bonds is 6. The third-order valence-electron chi connectivity index (χ3n) is 4.73. The molecule has 1 aliphatic heterocycles. The molecule has 9 heteroatoms. The van der Waals surface area contributed by atoms with Crippen LogP contribution in [0, 0.1) is 0 Å². The van der Waals surface area contributed by atoms with Crippen molar-refractivity contribution in [2.24, 2.45) is 12.1 Å². The summed E-state index contributed by atoms with van der Waals surface area (Å²) in [6.07, 6.45) is 4.93. The minimum atomic E-state index is -0.621. The Morgan fingerprint density at radius 3 is 2.67 bits per heavy atom. The van der Waals surface area contributed by atoms with E-state index < -0.39 is 24.5 Å². The number of methoxy groups -OCH3 is 1. The van der Waals surface area contributed by atoms with Crippen LogP contribution in [-0.4, -0.2) is 46.1 Å². The molecule has 1 unspecified atom stereocenters. The Balaban J connectivity index is 1.51. The Bertz CT molecular complexity index is 1070. The van der Waals surface area contributed by atoms with Crippen LogP contribution < -0.4 is 4.74 Å². The zero-order valence-electron chi connectivity index (χ0n) is 16.5. The third kappa shape index (κ3) is 3.95. The number of amides is 1. The number of aryl methyl sites for hydroxylation is 1.